The van der Waals surface area contributed by atoms with Gasteiger partial charge in [-0.1, -0.05) is 12.1 Å². The van der Waals surface area contributed by atoms with Gasteiger partial charge >= 0.3 is 0 Å². The van der Waals surface area contributed by atoms with Crippen molar-refractivity contribution in [2.24, 2.45) is 0 Å². The van der Waals surface area contributed by atoms with Crippen LogP contribution in [0, 0.1) is 0 Å². The predicted molar refractivity (Wildman–Crippen MR) is 65.4 cm³/mol. The lowest BCUT2D eigenvalue weighted by molar-refractivity contribution is 0.0932. The standard InChI is InChI=1S/C13H17F2NO2/c1-10(17)11-5-3-4-6-12(11)18-8-7-16(2)9-13(14)15/h3-6,13H,7-9H2,1-2H3. The van der Waals surface area contributed by atoms with Crippen LogP contribution in [0.15, 0.2) is 24.3 Å². The van der Waals surface area contributed by atoms with E-state index in [0.717, 1.165) is 0 Å². The van der Waals surface area contributed by atoms with Crippen molar-refractivity contribution < 1.29 is 18.3 Å². The van der Waals surface area contributed by atoms with Crippen LogP contribution < -0.4 is 4.74 Å². The normalized spacial score (nSPS) is 11.0. The average Bonchev–Trinajstić information content (AvgIpc) is 2.28. The molecule has 0 saturated heterocycles. The Labute approximate surface area is 105 Å². The van der Waals surface area contributed by atoms with E-state index in [1.54, 1.807) is 31.3 Å². The molecule has 18 heavy (non-hydrogen) atoms. The molecule has 1 aromatic carbocycles. The molecular formula is C13H17F2NO2. The molecule has 3 nitrogen and oxygen atoms in total. The van der Waals surface area contributed by atoms with Crippen LogP contribution in [0.1, 0.15) is 17.3 Å². The minimum atomic E-state index is -2.35. The number of halogens is 2. The SMILES string of the molecule is CC(=O)c1ccccc1OCCN(C)CC(F)F. The molecule has 1 aromatic rings. The largest absolute Gasteiger partial charge is 0.491 e. The lowest BCUT2D eigenvalue weighted by Gasteiger charge is -2.16. The highest BCUT2D eigenvalue weighted by Gasteiger charge is 2.09. The van der Waals surface area contributed by atoms with Gasteiger partial charge in [-0.25, -0.2) is 8.78 Å². The van der Waals surface area contributed by atoms with Crippen LogP contribution in [0.5, 0.6) is 5.75 Å². The van der Waals surface area contributed by atoms with Crippen molar-refractivity contribution in [1.82, 2.24) is 4.90 Å². The number of nitrogens with zero attached hydrogens (tertiary/aromatic N) is 1. The third kappa shape index (κ3) is 4.79. The van der Waals surface area contributed by atoms with Crippen LogP contribution in [-0.4, -0.2) is 43.9 Å². The van der Waals surface area contributed by atoms with Gasteiger partial charge in [-0.3, -0.25) is 9.69 Å². The van der Waals surface area contributed by atoms with Gasteiger partial charge in [0.05, 0.1) is 12.1 Å². The van der Waals surface area contributed by atoms with Crippen LogP contribution in [0.3, 0.4) is 0 Å². The molecule has 1 rings (SSSR count). The molecular weight excluding hydrogens is 240 g/mol. The quantitative estimate of drug-likeness (QED) is 0.703. The zero-order valence-corrected chi connectivity index (χ0v) is 10.5. The fraction of sp³-hybridized carbons (Fsp3) is 0.462. The maximum absolute atomic E-state index is 12.1. The number of alkyl halides is 2. The molecule has 100 valence electrons. The summed E-state index contributed by atoms with van der Waals surface area (Å²) < 4.78 is 29.6. The summed E-state index contributed by atoms with van der Waals surface area (Å²) in [5.41, 5.74) is 0.508. The highest BCUT2D eigenvalue weighted by Crippen LogP contribution is 2.18. The van der Waals surface area contributed by atoms with Crippen LogP contribution in [-0.2, 0) is 0 Å². The minimum absolute atomic E-state index is 0.0773. The molecule has 0 amide bonds. The smallest absolute Gasteiger partial charge is 0.251 e. The molecule has 0 heterocycles. The van der Waals surface area contributed by atoms with E-state index < -0.39 is 6.43 Å². The number of benzene rings is 1. The van der Waals surface area contributed by atoms with E-state index >= 15 is 0 Å². The molecule has 0 aliphatic rings. The Morgan fingerprint density at radius 3 is 2.67 bits per heavy atom. The second kappa shape index (κ2) is 7.06. The van der Waals surface area contributed by atoms with E-state index in [1.807, 2.05) is 0 Å². The first-order valence-corrected chi connectivity index (χ1v) is 5.70. The van der Waals surface area contributed by atoms with Gasteiger partial charge in [-0.15, -0.1) is 0 Å². The molecule has 0 aliphatic heterocycles. The number of para-hydroxylation sites is 1. The molecule has 5 heteroatoms. The first-order valence-electron chi connectivity index (χ1n) is 5.70. The Balaban J connectivity index is 2.46. The first kappa shape index (κ1) is 14.6. The summed E-state index contributed by atoms with van der Waals surface area (Å²) in [6, 6.07) is 6.90. The third-order valence-electron chi connectivity index (χ3n) is 2.45. The molecule has 0 N–H and O–H groups in total. The zero-order valence-electron chi connectivity index (χ0n) is 10.5. The summed E-state index contributed by atoms with van der Waals surface area (Å²) >= 11 is 0. The fourth-order valence-corrected chi connectivity index (χ4v) is 1.52. The van der Waals surface area contributed by atoms with Crippen LogP contribution >= 0.6 is 0 Å². The Bertz CT molecular complexity index is 396. The number of ketones is 1. The van der Waals surface area contributed by atoms with E-state index in [4.69, 9.17) is 4.74 Å². The maximum Gasteiger partial charge on any atom is 0.251 e. The van der Waals surface area contributed by atoms with Crippen molar-refractivity contribution in [1.29, 1.82) is 0 Å². The van der Waals surface area contributed by atoms with Gasteiger partial charge in [0.2, 0.25) is 0 Å². The number of hydrogen-bond acceptors (Lipinski definition) is 3. The zero-order chi connectivity index (χ0) is 13.5. The summed E-state index contributed by atoms with van der Waals surface area (Å²) in [6.45, 7) is 1.84. The maximum atomic E-state index is 12.1. The molecule has 0 saturated carbocycles. The summed E-state index contributed by atoms with van der Waals surface area (Å²) in [4.78, 5) is 12.8. The Kier molecular flexibility index (Phi) is 5.71. The van der Waals surface area contributed by atoms with Crippen LogP contribution in [0.25, 0.3) is 0 Å². The number of rotatable bonds is 7. The predicted octanol–water partition coefficient (Wildman–Crippen LogP) is 2.46. The summed E-state index contributed by atoms with van der Waals surface area (Å²) in [5, 5.41) is 0. The van der Waals surface area contributed by atoms with Gasteiger partial charge in [-0.2, -0.15) is 0 Å². The highest BCUT2D eigenvalue weighted by molar-refractivity contribution is 5.96. The lowest BCUT2D eigenvalue weighted by Crippen LogP contribution is -2.29. The number of hydrogen-bond donors (Lipinski definition) is 0. The van der Waals surface area contributed by atoms with Gasteiger partial charge in [0.15, 0.2) is 5.78 Å². The van der Waals surface area contributed by atoms with Crippen molar-refractivity contribution in [3.8, 4) is 5.75 Å². The third-order valence-corrected chi connectivity index (χ3v) is 2.45. The Morgan fingerprint density at radius 1 is 1.39 bits per heavy atom. The molecule has 0 fully saturated rings. The number of Topliss-reactive ketones (excluding diaryl/α,β-unsaturated/α-hetero) is 1. The van der Waals surface area contributed by atoms with Crippen LogP contribution in [0.4, 0.5) is 8.78 Å². The molecule has 0 unspecified atom stereocenters. The topological polar surface area (TPSA) is 29.5 Å². The van der Waals surface area contributed by atoms with Gasteiger partial charge in [-0.05, 0) is 26.1 Å². The van der Waals surface area contributed by atoms with Crippen molar-refractivity contribution >= 4 is 5.78 Å². The second-order valence-corrected chi connectivity index (χ2v) is 4.05. The van der Waals surface area contributed by atoms with Crippen molar-refractivity contribution in [2.75, 3.05) is 26.7 Å². The Hall–Kier alpha value is -1.49. The first-order chi connectivity index (χ1) is 8.50. The van der Waals surface area contributed by atoms with Crippen molar-refractivity contribution in [3.05, 3.63) is 29.8 Å². The van der Waals surface area contributed by atoms with E-state index in [-0.39, 0.29) is 18.9 Å². The van der Waals surface area contributed by atoms with Gasteiger partial charge in [0.25, 0.3) is 6.43 Å². The van der Waals surface area contributed by atoms with E-state index in [9.17, 15) is 13.6 Å². The minimum Gasteiger partial charge on any atom is -0.491 e. The number of ether oxygens (including phenoxy) is 1. The van der Waals surface area contributed by atoms with Crippen molar-refractivity contribution in [2.45, 2.75) is 13.3 Å². The average molecular weight is 257 g/mol. The number of carbonyl (C=O) groups excluding carboxylic acids is 1. The summed E-state index contributed by atoms with van der Waals surface area (Å²) in [7, 11) is 1.60. The fourth-order valence-electron chi connectivity index (χ4n) is 1.52. The number of likely N-dealkylation sites (N-methyl/N-ethyl adjacent to an activating group) is 1. The highest BCUT2D eigenvalue weighted by atomic mass is 19.3. The van der Waals surface area contributed by atoms with Gasteiger partial charge in [0, 0.05) is 6.54 Å². The number of carbonyl (C=O) groups is 1. The van der Waals surface area contributed by atoms with Crippen molar-refractivity contribution in [3.63, 3.8) is 0 Å². The van der Waals surface area contributed by atoms with E-state index in [0.29, 0.717) is 17.9 Å². The molecule has 0 atom stereocenters. The second-order valence-electron chi connectivity index (χ2n) is 4.05. The van der Waals surface area contributed by atoms with Gasteiger partial charge < -0.3 is 4.74 Å². The molecule has 0 spiro atoms. The molecule has 0 bridgehead atoms. The summed E-state index contributed by atoms with van der Waals surface area (Å²) in [6.07, 6.45) is -2.35. The molecule has 0 aliphatic carbocycles. The van der Waals surface area contributed by atoms with Crippen LogP contribution in [0.2, 0.25) is 0 Å². The van der Waals surface area contributed by atoms with Gasteiger partial charge in [0.1, 0.15) is 12.4 Å². The molecule has 0 radical (unpaired) electrons. The monoisotopic (exact) mass is 257 g/mol. The lowest BCUT2D eigenvalue weighted by atomic mass is 10.1. The Morgan fingerprint density at radius 2 is 2.06 bits per heavy atom. The molecule has 0 aromatic heterocycles. The van der Waals surface area contributed by atoms with E-state index in [1.165, 1.54) is 11.8 Å². The summed E-state index contributed by atoms with van der Waals surface area (Å²) in [5.74, 6) is 0.419. The van der Waals surface area contributed by atoms with E-state index in [2.05, 4.69) is 0 Å².